The first-order valence-corrected chi connectivity index (χ1v) is 7.99. The van der Waals surface area contributed by atoms with Gasteiger partial charge in [0.05, 0.1) is 12.7 Å². The number of hydrogen-bond acceptors (Lipinski definition) is 4. The van der Waals surface area contributed by atoms with Gasteiger partial charge in [-0.05, 0) is 38.5 Å². The molecule has 132 valence electrons. The molecular weight excluding hydrogens is 308 g/mol. The fourth-order valence-corrected chi connectivity index (χ4v) is 2.20. The minimum Gasteiger partial charge on any atom is -0.465 e. The maximum absolute atomic E-state index is 12.5. The van der Waals surface area contributed by atoms with Gasteiger partial charge in [-0.3, -0.25) is 9.59 Å². The van der Waals surface area contributed by atoms with Crippen LogP contribution in [0.1, 0.15) is 44.0 Å². The molecule has 0 atom stereocenters. The zero-order valence-electron chi connectivity index (χ0n) is 15.0. The van der Waals surface area contributed by atoms with E-state index in [0.29, 0.717) is 17.8 Å². The summed E-state index contributed by atoms with van der Waals surface area (Å²) in [4.78, 5) is 38.2. The molecule has 24 heavy (non-hydrogen) atoms. The van der Waals surface area contributed by atoms with Crippen molar-refractivity contribution in [1.82, 2.24) is 4.90 Å². The molecule has 0 aromatic heterocycles. The fraction of sp³-hybridized carbons (Fsp3) is 0.500. The number of esters is 1. The second-order valence-electron chi connectivity index (χ2n) is 6.23. The van der Waals surface area contributed by atoms with E-state index in [-0.39, 0.29) is 5.91 Å². The number of carbonyl (C=O) groups is 3. The molecule has 0 unspecified atom stereocenters. The average Bonchev–Trinajstić information content (AvgIpc) is 2.58. The first-order chi connectivity index (χ1) is 11.2. The van der Waals surface area contributed by atoms with Crippen LogP contribution in [0.15, 0.2) is 24.3 Å². The van der Waals surface area contributed by atoms with Crippen molar-refractivity contribution in [3.05, 3.63) is 29.8 Å². The van der Waals surface area contributed by atoms with Gasteiger partial charge in [0.1, 0.15) is 5.41 Å². The molecule has 0 heterocycles. The summed E-state index contributed by atoms with van der Waals surface area (Å²) >= 11 is 0. The summed E-state index contributed by atoms with van der Waals surface area (Å²) in [5.41, 5.74) is -0.427. The molecule has 0 saturated carbocycles. The Hall–Kier alpha value is -2.37. The predicted octanol–water partition coefficient (Wildman–Crippen LogP) is 2.70. The minimum atomic E-state index is -1.20. The summed E-state index contributed by atoms with van der Waals surface area (Å²) in [6, 6.07) is 6.41. The molecule has 0 radical (unpaired) electrons. The van der Waals surface area contributed by atoms with Crippen molar-refractivity contribution >= 4 is 23.5 Å². The van der Waals surface area contributed by atoms with E-state index in [9.17, 15) is 14.4 Å². The van der Waals surface area contributed by atoms with Crippen molar-refractivity contribution in [1.29, 1.82) is 0 Å². The summed E-state index contributed by atoms with van der Waals surface area (Å²) in [5, 5.41) is 2.70. The summed E-state index contributed by atoms with van der Waals surface area (Å²) in [6.07, 6.45) is 1.87. The lowest BCUT2D eigenvalue weighted by atomic mass is 9.90. The highest BCUT2D eigenvalue weighted by Gasteiger charge is 2.38. The molecule has 1 rings (SSSR count). The van der Waals surface area contributed by atoms with Gasteiger partial charge in [-0.15, -0.1) is 0 Å². The van der Waals surface area contributed by atoms with Gasteiger partial charge in [-0.25, -0.2) is 4.79 Å². The number of hydrogen-bond donors (Lipinski definition) is 1. The Morgan fingerprint density at radius 3 is 2.50 bits per heavy atom. The van der Waals surface area contributed by atoms with Crippen LogP contribution in [0.5, 0.6) is 0 Å². The lowest BCUT2D eigenvalue weighted by Crippen LogP contribution is -2.46. The van der Waals surface area contributed by atoms with Crippen molar-refractivity contribution in [2.75, 3.05) is 26.0 Å². The van der Waals surface area contributed by atoms with Gasteiger partial charge in [0.15, 0.2) is 0 Å². The van der Waals surface area contributed by atoms with Crippen molar-refractivity contribution < 1.29 is 19.1 Å². The molecule has 2 amide bonds. The second-order valence-corrected chi connectivity index (χ2v) is 6.23. The van der Waals surface area contributed by atoms with Crippen LogP contribution >= 0.6 is 0 Å². The zero-order valence-corrected chi connectivity index (χ0v) is 15.0. The third-order valence-electron chi connectivity index (χ3n) is 3.84. The zero-order chi connectivity index (χ0) is 18.3. The summed E-state index contributed by atoms with van der Waals surface area (Å²) in [7, 11) is 2.99. The number of nitrogens with zero attached hydrogens (tertiary/aromatic N) is 1. The molecule has 6 nitrogen and oxygen atoms in total. The van der Waals surface area contributed by atoms with Crippen LogP contribution in [0.25, 0.3) is 0 Å². The highest BCUT2D eigenvalue weighted by atomic mass is 16.5. The molecule has 1 aromatic carbocycles. The van der Waals surface area contributed by atoms with Crippen LogP contribution in [-0.4, -0.2) is 43.4 Å². The number of rotatable bonds is 7. The Morgan fingerprint density at radius 1 is 1.25 bits per heavy atom. The van der Waals surface area contributed by atoms with Crippen LogP contribution in [0.3, 0.4) is 0 Å². The monoisotopic (exact) mass is 334 g/mol. The van der Waals surface area contributed by atoms with Gasteiger partial charge in [0.2, 0.25) is 11.8 Å². The number of nitrogens with one attached hydrogen (secondary N) is 1. The average molecular weight is 334 g/mol. The van der Waals surface area contributed by atoms with E-state index >= 15 is 0 Å². The van der Waals surface area contributed by atoms with E-state index in [4.69, 9.17) is 0 Å². The van der Waals surface area contributed by atoms with Crippen LogP contribution in [0.2, 0.25) is 0 Å². The van der Waals surface area contributed by atoms with Gasteiger partial charge in [-0.2, -0.15) is 0 Å². The van der Waals surface area contributed by atoms with Crippen molar-refractivity contribution in [3.63, 3.8) is 0 Å². The van der Waals surface area contributed by atoms with Crippen molar-refractivity contribution in [2.45, 2.75) is 33.6 Å². The highest BCUT2D eigenvalue weighted by Crippen LogP contribution is 2.22. The number of carbonyl (C=O) groups excluding carboxylic acids is 3. The van der Waals surface area contributed by atoms with E-state index < -0.39 is 17.3 Å². The normalized spacial score (nSPS) is 10.9. The molecular formula is C18H26N2O4. The fourth-order valence-electron chi connectivity index (χ4n) is 2.20. The molecule has 1 N–H and O–H groups in total. The molecule has 0 saturated heterocycles. The summed E-state index contributed by atoms with van der Waals surface area (Å²) in [5.74, 6) is -1.14. The van der Waals surface area contributed by atoms with Crippen molar-refractivity contribution in [3.8, 4) is 0 Å². The van der Waals surface area contributed by atoms with Gasteiger partial charge < -0.3 is 15.0 Å². The van der Waals surface area contributed by atoms with E-state index in [0.717, 1.165) is 12.8 Å². The third-order valence-corrected chi connectivity index (χ3v) is 3.84. The Labute approximate surface area is 143 Å². The summed E-state index contributed by atoms with van der Waals surface area (Å²) in [6.45, 7) is 5.85. The van der Waals surface area contributed by atoms with Crippen LogP contribution in [0, 0.1) is 5.41 Å². The van der Waals surface area contributed by atoms with E-state index in [1.165, 1.54) is 13.2 Å². The highest BCUT2D eigenvalue weighted by molar-refractivity contribution is 6.10. The van der Waals surface area contributed by atoms with Gasteiger partial charge >= 0.3 is 5.97 Å². The molecule has 1 aromatic rings. The molecule has 6 heteroatoms. The third kappa shape index (κ3) is 4.81. The van der Waals surface area contributed by atoms with E-state index in [1.54, 1.807) is 44.0 Å². The standard InChI is InChI=1S/C18H26N2O4/c1-6-7-11-20(4)17(23)18(2,3)16(22)19-14-10-8-9-13(12-14)15(21)24-5/h8-10,12H,6-7,11H2,1-5H3,(H,19,22). The van der Waals surface area contributed by atoms with E-state index in [1.807, 2.05) is 6.92 Å². The Bertz CT molecular complexity index is 611. The molecule has 0 fully saturated rings. The summed E-state index contributed by atoms with van der Waals surface area (Å²) < 4.78 is 4.66. The van der Waals surface area contributed by atoms with Crippen molar-refractivity contribution in [2.24, 2.45) is 5.41 Å². The number of amides is 2. The minimum absolute atomic E-state index is 0.238. The van der Waals surface area contributed by atoms with E-state index in [2.05, 4.69) is 10.1 Å². The Kier molecular flexibility index (Phi) is 6.95. The molecule has 0 bridgehead atoms. The smallest absolute Gasteiger partial charge is 0.337 e. The number of methoxy groups -OCH3 is 1. The first kappa shape index (κ1) is 19.7. The largest absolute Gasteiger partial charge is 0.465 e. The van der Waals surface area contributed by atoms with Crippen LogP contribution in [0.4, 0.5) is 5.69 Å². The van der Waals surface area contributed by atoms with Gasteiger partial charge in [0.25, 0.3) is 0 Å². The quantitative estimate of drug-likeness (QED) is 0.614. The van der Waals surface area contributed by atoms with Crippen LogP contribution in [-0.2, 0) is 14.3 Å². The number of benzene rings is 1. The molecule has 0 spiro atoms. The SMILES string of the molecule is CCCCN(C)C(=O)C(C)(C)C(=O)Nc1cccc(C(=O)OC)c1. The maximum atomic E-state index is 12.5. The predicted molar refractivity (Wildman–Crippen MR) is 92.7 cm³/mol. The Morgan fingerprint density at radius 2 is 1.92 bits per heavy atom. The Balaban J connectivity index is 2.85. The lowest BCUT2D eigenvalue weighted by molar-refractivity contribution is -0.145. The van der Waals surface area contributed by atoms with Crippen LogP contribution < -0.4 is 5.32 Å². The second kappa shape index (κ2) is 8.47. The number of anilines is 1. The lowest BCUT2D eigenvalue weighted by Gasteiger charge is -2.28. The topological polar surface area (TPSA) is 75.7 Å². The maximum Gasteiger partial charge on any atom is 0.337 e. The molecule has 0 aliphatic heterocycles. The van der Waals surface area contributed by atoms with Gasteiger partial charge in [0, 0.05) is 19.3 Å². The van der Waals surface area contributed by atoms with Gasteiger partial charge in [-0.1, -0.05) is 19.4 Å². The number of unbranched alkanes of at least 4 members (excludes halogenated alkanes) is 1. The molecule has 0 aliphatic rings. The first-order valence-electron chi connectivity index (χ1n) is 7.99. The molecule has 0 aliphatic carbocycles. The number of ether oxygens (including phenoxy) is 1.